The molecule has 0 heterocycles. The molecule has 0 unspecified atom stereocenters. The van der Waals surface area contributed by atoms with Gasteiger partial charge < -0.3 is 0 Å². The first-order chi connectivity index (χ1) is 4.84. The first kappa shape index (κ1) is 7.00. The van der Waals surface area contributed by atoms with Gasteiger partial charge in [-0.25, -0.2) is 0 Å². The lowest BCUT2D eigenvalue weighted by atomic mass is 10.2. The van der Waals surface area contributed by atoms with E-state index in [1.807, 2.05) is 31.3 Å². The van der Waals surface area contributed by atoms with Crippen molar-refractivity contribution < 1.29 is 0 Å². The van der Waals surface area contributed by atoms with E-state index in [9.17, 15) is 0 Å². The summed E-state index contributed by atoms with van der Waals surface area (Å²) in [5.41, 5.74) is 2.28. The number of nitrogens with zero attached hydrogens (tertiary/aromatic N) is 1. The third-order valence-electron chi connectivity index (χ3n) is 1.38. The topological polar surface area (TPSA) is 12.4 Å². The maximum atomic E-state index is 4.18. The molecule has 0 aliphatic carbocycles. The molecular weight excluding hydrogens is 122 g/mol. The lowest BCUT2D eigenvalue weighted by molar-refractivity contribution is 1.40. The van der Waals surface area contributed by atoms with Gasteiger partial charge in [0.25, 0.3) is 0 Å². The smallest absolute Gasteiger partial charge is 0.0654 e. The number of benzene rings is 1. The summed E-state index contributed by atoms with van der Waals surface area (Å²) in [5.74, 6) is 0. The zero-order valence-electron chi connectivity index (χ0n) is 6.33. The molecule has 0 N–H and O–H groups in total. The molecule has 0 aliphatic rings. The summed E-state index contributed by atoms with van der Waals surface area (Å²) in [6.45, 7) is 3.98. The van der Waals surface area contributed by atoms with Gasteiger partial charge in [0.1, 0.15) is 0 Å². The van der Waals surface area contributed by atoms with E-state index in [0.717, 1.165) is 5.69 Å². The number of hydrogen-bond acceptors (Lipinski definition) is 1. The van der Waals surface area contributed by atoms with E-state index in [2.05, 4.69) is 18.0 Å². The molecule has 1 aromatic carbocycles. The molecule has 1 heteroatoms. The van der Waals surface area contributed by atoms with E-state index < -0.39 is 0 Å². The second kappa shape index (κ2) is 3.16. The van der Waals surface area contributed by atoms with Crippen LogP contribution in [0.1, 0.15) is 12.5 Å². The maximum absolute atomic E-state index is 4.18. The molecule has 0 saturated heterocycles. The minimum Gasteiger partial charge on any atom is -0.261 e. The lowest BCUT2D eigenvalue weighted by Crippen LogP contribution is -1.71. The SMILES string of the molecule is CC=Nc1ccccc1C. The van der Waals surface area contributed by atoms with E-state index >= 15 is 0 Å². The van der Waals surface area contributed by atoms with Crippen LogP contribution < -0.4 is 0 Å². The summed E-state index contributed by atoms with van der Waals surface area (Å²) in [5, 5.41) is 0. The summed E-state index contributed by atoms with van der Waals surface area (Å²) in [4.78, 5) is 4.18. The predicted molar refractivity (Wildman–Crippen MR) is 45.0 cm³/mol. The minimum atomic E-state index is 1.06. The predicted octanol–water partition coefficient (Wildman–Crippen LogP) is 2.72. The van der Waals surface area contributed by atoms with Gasteiger partial charge in [0.05, 0.1) is 5.69 Å². The van der Waals surface area contributed by atoms with Crippen LogP contribution >= 0.6 is 0 Å². The highest BCUT2D eigenvalue weighted by Crippen LogP contribution is 2.15. The largest absolute Gasteiger partial charge is 0.261 e. The van der Waals surface area contributed by atoms with Crippen LogP contribution in [0.5, 0.6) is 0 Å². The first-order valence-corrected chi connectivity index (χ1v) is 3.39. The highest BCUT2D eigenvalue weighted by atomic mass is 14.7. The zero-order chi connectivity index (χ0) is 7.40. The molecule has 0 fully saturated rings. The molecule has 0 radical (unpaired) electrons. The van der Waals surface area contributed by atoms with Crippen molar-refractivity contribution in [1.29, 1.82) is 0 Å². The Bertz CT molecular complexity index is 238. The molecule has 0 amide bonds. The van der Waals surface area contributed by atoms with Gasteiger partial charge in [0, 0.05) is 6.21 Å². The van der Waals surface area contributed by atoms with Gasteiger partial charge in [-0.15, -0.1) is 0 Å². The summed E-state index contributed by atoms with van der Waals surface area (Å²) < 4.78 is 0. The van der Waals surface area contributed by atoms with E-state index in [-0.39, 0.29) is 0 Å². The Labute approximate surface area is 61.4 Å². The number of para-hydroxylation sites is 1. The van der Waals surface area contributed by atoms with Crippen LogP contribution in [0.25, 0.3) is 0 Å². The van der Waals surface area contributed by atoms with Crippen molar-refractivity contribution in [1.82, 2.24) is 0 Å². The molecule has 52 valence electrons. The summed E-state index contributed by atoms with van der Waals surface area (Å²) in [6.07, 6.45) is 1.81. The average Bonchev–Trinajstić information content (AvgIpc) is 1.94. The molecule has 1 rings (SSSR count). The third kappa shape index (κ3) is 1.44. The fourth-order valence-electron chi connectivity index (χ4n) is 0.847. The fraction of sp³-hybridized carbons (Fsp3) is 0.222. The van der Waals surface area contributed by atoms with Gasteiger partial charge in [-0.1, -0.05) is 18.2 Å². The Morgan fingerprint density at radius 1 is 1.30 bits per heavy atom. The quantitative estimate of drug-likeness (QED) is 0.522. The average molecular weight is 133 g/mol. The van der Waals surface area contributed by atoms with E-state index in [0.29, 0.717) is 0 Å². The second-order valence-electron chi connectivity index (χ2n) is 2.17. The molecule has 0 bridgehead atoms. The van der Waals surface area contributed by atoms with Crippen LogP contribution in [0.2, 0.25) is 0 Å². The minimum absolute atomic E-state index is 1.06. The van der Waals surface area contributed by atoms with Gasteiger partial charge in [-0.05, 0) is 25.5 Å². The van der Waals surface area contributed by atoms with Crippen LogP contribution in [-0.4, -0.2) is 6.21 Å². The lowest BCUT2D eigenvalue weighted by Gasteiger charge is -1.95. The normalized spacial score (nSPS) is 10.6. The van der Waals surface area contributed by atoms with Crippen LogP contribution in [0.15, 0.2) is 29.3 Å². The third-order valence-corrected chi connectivity index (χ3v) is 1.38. The molecule has 0 spiro atoms. The molecule has 0 saturated carbocycles. The first-order valence-electron chi connectivity index (χ1n) is 3.39. The number of aryl methyl sites for hydroxylation is 1. The van der Waals surface area contributed by atoms with E-state index in [1.165, 1.54) is 5.56 Å². The van der Waals surface area contributed by atoms with Gasteiger partial charge in [0.2, 0.25) is 0 Å². The molecule has 1 nitrogen and oxygen atoms in total. The van der Waals surface area contributed by atoms with Gasteiger partial charge in [-0.3, -0.25) is 4.99 Å². The van der Waals surface area contributed by atoms with Crippen molar-refractivity contribution in [3.8, 4) is 0 Å². The van der Waals surface area contributed by atoms with Crippen molar-refractivity contribution in [3.05, 3.63) is 29.8 Å². The van der Waals surface area contributed by atoms with Crippen molar-refractivity contribution in [2.45, 2.75) is 13.8 Å². The Morgan fingerprint density at radius 2 is 2.00 bits per heavy atom. The highest BCUT2D eigenvalue weighted by molar-refractivity contribution is 5.62. The molecule has 10 heavy (non-hydrogen) atoms. The summed E-state index contributed by atoms with van der Waals surface area (Å²) in [6, 6.07) is 8.08. The molecule has 1 aromatic rings. The second-order valence-corrected chi connectivity index (χ2v) is 2.17. The number of hydrogen-bond donors (Lipinski definition) is 0. The van der Waals surface area contributed by atoms with Crippen LogP contribution in [0.4, 0.5) is 5.69 Å². The Kier molecular flexibility index (Phi) is 2.21. The highest BCUT2D eigenvalue weighted by Gasteiger charge is 1.89. The van der Waals surface area contributed by atoms with Crippen molar-refractivity contribution in [2.75, 3.05) is 0 Å². The molecule has 0 atom stereocenters. The van der Waals surface area contributed by atoms with Crippen molar-refractivity contribution >= 4 is 11.9 Å². The van der Waals surface area contributed by atoms with Crippen LogP contribution in [-0.2, 0) is 0 Å². The van der Waals surface area contributed by atoms with E-state index in [1.54, 1.807) is 0 Å². The Hall–Kier alpha value is -1.11. The van der Waals surface area contributed by atoms with Crippen molar-refractivity contribution in [3.63, 3.8) is 0 Å². The fourth-order valence-corrected chi connectivity index (χ4v) is 0.847. The number of aliphatic imine (C=N–C) groups is 1. The Morgan fingerprint density at radius 3 is 2.60 bits per heavy atom. The molecule has 0 aromatic heterocycles. The molecular formula is C9H11N. The summed E-state index contributed by atoms with van der Waals surface area (Å²) in [7, 11) is 0. The standard InChI is InChI=1S/C9H11N/c1-3-10-9-7-5-4-6-8(9)2/h3-7H,1-2H3. The van der Waals surface area contributed by atoms with E-state index in [4.69, 9.17) is 0 Å². The van der Waals surface area contributed by atoms with Gasteiger partial charge >= 0.3 is 0 Å². The van der Waals surface area contributed by atoms with Crippen LogP contribution in [0.3, 0.4) is 0 Å². The monoisotopic (exact) mass is 133 g/mol. The van der Waals surface area contributed by atoms with Gasteiger partial charge in [-0.2, -0.15) is 0 Å². The Balaban J connectivity index is 3.03. The summed E-state index contributed by atoms with van der Waals surface area (Å²) >= 11 is 0. The van der Waals surface area contributed by atoms with Crippen LogP contribution in [0, 0.1) is 6.92 Å². The maximum Gasteiger partial charge on any atom is 0.0654 e. The number of rotatable bonds is 1. The molecule has 0 aliphatic heterocycles. The van der Waals surface area contributed by atoms with Crippen molar-refractivity contribution in [2.24, 2.45) is 4.99 Å². The van der Waals surface area contributed by atoms with Gasteiger partial charge in [0.15, 0.2) is 0 Å². The zero-order valence-corrected chi connectivity index (χ0v) is 6.33.